The van der Waals surface area contributed by atoms with Crippen molar-refractivity contribution in [2.24, 2.45) is 0 Å². The van der Waals surface area contributed by atoms with E-state index in [1.54, 1.807) is 18.9 Å². The van der Waals surface area contributed by atoms with Crippen LogP contribution in [0.15, 0.2) is 0 Å². The maximum atomic E-state index is 11.8. The molecule has 1 aliphatic rings. The van der Waals surface area contributed by atoms with Crippen molar-refractivity contribution in [3.63, 3.8) is 0 Å². The van der Waals surface area contributed by atoms with Crippen LogP contribution in [0.4, 0.5) is 0 Å². The molecule has 16 heavy (non-hydrogen) atoms. The van der Waals surface area contributed by atoms with E-state index < -0.39 is 0 Å². The molecule has 94 valence electrons. The molecule has 2 atom stereocenters. The zero-order chi connectivity index (χ0) is 11.8. The molecule has 0 spiro atoms. The highest BCUT2D eigenvalue weighted by Gasteiger charge is 2.22. The predicted molar refractivity (Wildman–Crippen MR) is 64.6 cm³/mol. The molecule has 1 saturated heterocycles. The molecule has 1 aliphatic heterocycles. The molecular formula is C10H20N2O3S. The summed E-state index contributed by atoms with van der Waals surface area (Å²) in [6, 6.07) is -0.215. The maximum Gasteiger partial charge on any atom is 0.238 e. The number of carbonyl (C=O) groups is 1. The average Bonchev–Trinajstić information content (AvgIpc) is 2.31. The summed E-state index contributed by atoms with van der Waals surface area (Å²) in [6.45, 7) is 1.37. The highest BCUT2D eigenvalue weighted by Crippen LogP contribution is 2.08. The first kappa shape index (κ1) is 13.8. The first-order chi connectivity index (χ1) is 7.77. The van der Waals surface area contributed by atoms with Gasteiger partial charge in [-0.3, -0.25) is 4.79 Å². The molecule has 3 N–H and O–H groups in total. The van der Waals surface area contributed by atoms with E-state index in [2.05, 4.69) is 10.6 Å². The molecule has 0 radical (unpaired) electrons. The van der Waals surface area contributed by atoms with Crippen LogP contribution in [-0.4, -0.2) is 61.5 Å². The number of thioether (sulfide) groups is 1. The van der Waals surface area contributed by atoms with Crippen LogP contribution >= 0.6 is 11.8 Å². The summed E-state index contributed by atoms with van der Waals surface area (Å²) >= 11 is 1.78. The standard InChI is InChI=1S/C10H20N2O3S/c1-15-6-8(2-4-13)12-10(14)9-7-16-5-3-11-9/h8-9,11,13H,2-7H2,1H3,(H,12,14). The van der Waals surface area contributed by atoms with Gasteiger partial charge in [0.05, 0.1) is 18.7 Å². The van der Waals surface area contributed by atoms with Crippen LogP contribution in [-0.2, 0) is 9.53 Å². The number of aliphatic hydroxyl groups excluding tert-OH is 1. The van der Waals surface area contributed by atoms with E-state index in [-0.39, 0.29) is 24.6 Å². The van der Waals surface area contributed by atoms with Crippen LogP contribution in [0, 0.1) is 0 Å². The normalized spacial score (nSPS) is 22.8. The molecule has 1 rings (SSSR count). The van der Waals surface area contributed by atoms with E-state index in [9.17, 15) is 4.79 Å². The first-order valence-electron chi connectivity index (χ1n) is 5.49. The van der Waals surface area contributed by atoms with Gasteiger partial charge in [0.15, 0.2) is 0 Å². The van der Waals surface area contributed by atoms with Crippen LogP contribution in [0.3, 0.4) is 0 Å². The molecule has 0 saturated carbocycles. The molecule has 1 fully saturated rings. The van der Waals surface area contributed by atoms with Gasteiger partial charge in [-0.25, -0.2) is 0 Å². The molecule has 0 aromatic rings. The van der Waals surface area contributed by atoms with E-state index in [1.165, 1.54) is 0 Å². The van der Waals surface area contributed by atoms with Gasteiger partial charge in [-0.1, -0.05) is 0 Å². The molecule has 2 unspecified atom stereocenters. The minimum Gasteiger partial charge on any atom is -0.396 e. The van der Waals surface area contributed by atoms with Crippen molar-refractivity contribution in [2.75, 3.05) is 38.4 Å². The summed E-state index contributed by atoms with van der Waals surface area (Å²) in [5.41, 5.74) is 0. The van der Waals surface area contributed by atoms with E-state index in [1.807, 2.05) is 0 Å². The van der Waals surface area contributed by atoms with Crippen LogP contribution in [0.2, 0.25) is 0 Å². The second-order valence-electron chi connectivity index (χ2n) is 3.75. The molecule has 0 aromatic carbocycles. The molecule has 1 heterocycles. The summed E-state index contributed by atoms with van der Waals surface area (Å²) in [5.74, 6) is 1.87. The Morgan fingerprint density at radius 1 is 1.75 bits per heavy atom. The number of hydrogen-bond acceptors (Lipinski definition) is 5. The maximum absolute atomic E-state index is 11.8. The summed E-state index contributed by atoms with van der Waals surface area (Å²) in [6.07, 6.45) is 0.527. The van der Waals surface area contributed by atoms with Crippen molar-refractivity contribution < 1.29 is 14.6 Å². The Morgan fingerprint density at radius 2 is 2.56 bits per heavy atom. The van der Waals surface area contributed by atoms with Crippen molar-refractivity contribution in [3.8, 4) is 0 Å². The fourth-order valence-corrected chi connectivity index (χ4v) is 2.52. The molecule has 0 aliphatic carbocycles. The largest absolute Gasteiger partial charge is 0.396 e. The van der Waals surface area contributed by atoms with Crippen molar-refractivity contribution >= 4 is 17.7 Å². The molecular weight excluding hydrogens is 228 g/mol. The van der Waals surface area contributed by atoms with Gasteiger partial charge in [0.2, 0.25) is 5.91 Å². The number of aliphatic hydroxyl groups is 1. The minimum absolute atomic E-state index is 0.00250. The first-order valence-corrected chi connectivity index (χ1v) is 6.64. The average molecular weight is 248 g/mol. The fraction of sp³-hybridized carbons (Fsp3) is 0.900. The zero-order valence-corrected chi connectivity index (χ0v) is 10.4. The fourth-order valence-electron chi connectivity index (χ4n) is 1.59. The van der Waals surface area contributed by atoms with Crippen LogP contribution in [0.5, 0.6) is 0 Å². The van der Waals surface area contributed by atoms with Crippen LogP contribution < -0.4 is 10.6 Å². The van der Waals surface area contributed by atoms with Gasteiger partial charge in [-0.2, -0.15) is 11.8 Å². The molecule has 6 heteroatoms. The minimum atomic E-state index is -0.114. The van der Waals surface area contributed by atoms with Crippen molar-refractivity contribution in [1.29, 1.82) is 0 Å². The van der Waals surface area contributed by atoms with Gasteiger partial charge < -0.3 is 20.5 Å². The lowest BCUT2D eigenvalue weighted by Crippen LogP contribution is -2.52. The van der Waals surface area contributed by atoms with Crippen LogP contribution in [0.25, 0.3) is 0 Å². The quantitative estimate of drug-likeness (QED) is 0.574. The summed E-state index contributed by atoms with van der Waals surface area (Å²) in [7, 11) is 1.59. The van der Waals surface area contributed by atoms with Crippen LogP contribution in [0.1, 0.15) is 6.42 Å². The number of rotatable bonds is 6. The Kier molecular flexibility index (Phi) is 6.79. The van der Waals surface area contributed by atoms with E-state index in [4.69, 9.17) is 9.84 Å². The van der Waals surface area contributed by atoms with E-state index >= 15 is 0 Å². The Hall–Kier alpha value is -0.300. The lowest BCUT2D eigenvalue weighted by atomic mass is 10.2. The van der Waals surface area contributed by atoms with Crippen molar-refractivity contribution in [2.45, 2.75) is 18.5 Å². The lowest BCUT2D eigenvalue weighted by molar-refractivity contribution is -0.123. The number of ether oxygens (including phenoxy) is 1. The van der Waals surface area contributed by atoms with Crippen molar-refractivity contribution in [3.05, 3.63) is 0 Å². The third-order valence-electron chi connectivity index (χ3n) is 2.43. The molecule has 0 aromatic heterocycles. The smallest absolute Gasteiger partial charge is 0.238 e. The number of methoxy groups -OCH3 is 1. The second-order valence-corrected chi connectivity index (χ2v) is 4.90. The number of nitrogens with one attached hydrogen (secondary N) is 2. The summed E-state index contributed by atoms with van der Waals surface area (Å²) in [5, 5.41) is 14.9. The highest BCUT2D eigenvalue weighted by atomic mass is 32.2. The Morgan fingerprint density at radius 3 is 3.12 bits per heavy atom. The van der Waals surface area contributed by atoms with Gasteiger partial charge in [-0.05, 0) is 6.42 Å². The Balaban J connectivity index is 2.33. The molecule has 5 nitrogen and oxygen atoms in total. The second kappa shape index (κ2) is 7.89. The summed E-state index contributed by atoms with van der Waals surface area (Å²) < 4.78 is 4.99. The third-order valence-corrected chi connectivity index (χ3v) is 3.49. The van der Waals surface area contributed by atoms with E-state index in [0.717, 1.165) is 18.1 Å². The summed E-state index contributed by atoms with van der Waals surface area (Å²) in [4.78, 5) is 11.8. The van der Waals surface area contributed by atoms with Gasteiger partial charge in [-0.15, -0.1) is 0 Å². The SMILES string of the molecule is COCC(CCO)NC(=O)C1CSCCN1. The lowest BCUT2D eigenvalue weighted by Gasteiger charge is -2.25. The number of hydrogen-bond donors (Lipinski definition) is 3. The van der Waals surface area contributed by atoms with Gasteiger partial charge >= 0.3 is 0 Å². The van der Waals surface area contributed by atoms with Crippen molar-refractivity contribution in [1.82, 2.24) is 10.6 Å². The Labute approximate surface area is 100 Å². The number of carbonyl (C=O) groups excluding carboxylic acids is 1. The topological polar surface area (TPSA) is 70.6 Å². The monoisotopic (exact) mass is 248 g/mol. The molecule has 0 bridgehead atoms. The number of amides is 1. The van der Waals surface area contributed by atoms with E-state index in [0.29, 0.717) is 13.0 Å². The van der Waals surface area contributed by atoms with Gasteiger partial charge in [0, 0.05) is 31.8 Å². The van der Waals surface area contributed by atoms with Gasteiger partial charge in [0.1, 0.15) is 0 Å². The molecule has 1 amide bonds. The predicted octanol–water partition coefficient (Wildman–Crippen LogP) is -0.795. The Bertz CT molecular complexity index is 204. The van der Waals surface area contributed by atoms with Gasteiger partial charge in [0.25, 0.3) is 0 Å². The highest BCUT2D eigenvalue weighted by molar-refractivity contribution is 7.99. The third kappa shape index (κ3) is 4.69. The zero-order valence-electron chi connectivity index (χ0n) is 9.57.